The van der Waals surface area contributed by atoms with Gasteiger partial charge in [-0.25, -0.2) is 0 Å². The fraction of sp³-hybridized carbons (Fsp3) is 0.214. The minimum atomic E-state index is -0.767. The van der Waals surface area contributed by atoms with Crippen LogP contribution in [0, 0.1) is 6.92 Å². The summed E-state index contributed by atoms with van der Waals surface area (Å²) in [6.07, 6.45) is 0. The summed E-state index contributed by atoms with van der Waals surface area (Å²) in [5, 5.41) is 10.7. The monoisotopic (exact) mass is 471 g/mol. The Morgan fingerprint density at radius 2 is 1.69 bits per heavy atom. The molecule has 0 saturated heterocycles. The van der Waals surface area contributed by atoms with Crippen molar-refractivity contribution in [2.24, 2.45) is 0 Å². The van der Waals surface area contributed by atoms with Crippen molar-refractivity contribution in [3.05, 3.63) is 93.3 Å². The standard InChI is InChI=1S/C28H25NO6/c1-4-33-19-10-8-18(9-11-19)29-25(17-7-12-21(30)23(15-17)34-5-2)24-26(31)20-14-16(3)6-13-22(20)35-27(24)28(29)32/h6-15,25,30H,4-5H2,1-3H3. The third-order valence-electron chi connectivity index (χ3n) is 6.05. The maximum atomic E-state index is 13.8. The molecule has 1 amide bonds. The molecule has 0 spiro atoms. The number of amides is 1. The molecule has 1 unspecified atom stereocenters. The fourth-order valence-electron chi connectivity index (χ4n) is 4.51. The second kappa shape index (κ2) is 8.83. The van der Waals surface area contributed by atoms with E-state index >= 15 is 0 Å². The average Bonchev–Trinajstić information content (AvgIpc) is 3.14. The third-order valence-corrected chi connectivity index (χ3v) is 6.05. The Bertz CT molecular complexity index is 1490. The van der Waals surface area contributed by atoms with E-state index in [-0.39, 0.29) is 28.3 Å². The summed E-state index contributed by atoms with van der Waals surface area (Å²) in [6, 6.07) is 16.5. The van der Waals surface area contributed by atoms with Gasteiger partial charge in [0.1, 0.15) is 11.3 Å². The number of ether oxygens (including phenoxy) is 2. The molecule has 0 aliphatic carbocycles. The van der Waals surface area contributed by atoms with E-state index < -0.39 is 11.9 Å². The number of anilines is 1. The van der Waals surface area contributed by atoms with Crippen LogP contribution in [-0.4, -0.2) is 24.2 Å². The summed E-state index contributed by atoms with van der Waals surface area (Å²) < 4.78 is 17.1. The van der Waals surface area contributed by atoms with Gasteiger partial charge in [0, 0.05) is 5.69 Å². The Kier molecular flexibility index (Phi) is 5.68. The maximum Gasteiger partial charge on any atom is 0.295 e. The highest BCUT2D eigenvalue weighted by Gasteiger charge is 2.44. The molecule has 1 aromatic heterocycles. The van der Waals surface area contributed by atoms with Crippen molar-refractivity contribution in [1.29, 1.82) is 0 Å². The molecule has 178 valence electrons. The zero-order chi connectivity index (χ0) is 24.7. The van der Waals surface area contributed by atoms with Crippen LogP contribution >= 0.6 is 0 Å². The number of phenols is 1. The second-order valence-electron chi connectivity index (χ2n) is 8.34. The van der Waals surface area contributed by atoms with Gasteiger partial charge in [-0.2, -0.15) is 0 Å². The van der Waals surface area contributed by atoms with Crippen LogP contribution in [0.5, 0.6) is 17.2 Å². The van der Waals surface area contributed by atoms with Gasteiger partial charge in [-0.05, 0) is 74.9 Å². The van der Waals surface area contributed by atoms with Gasteiger partial charge in [0.15, 0.2) is 16.9 Å². The number of hydrogen-bond acceptors (Lipinski definition) is 6. The predicted octanol–water partition coefficient (Wildman–Crippen LogP) is 5.35. The molecule has 0 bridgehead atoms. The van der Waals surface area contributed by atoms with Crippen LogP contribution in [0.4, 0.5) is 5.69 Å². The molecule has 0 fully saturated rings. The Morgan fingerprint density at radius 1 is 0.943 bits per heavy atom. The number of rotatable bonds is 6. The number of hydrogen-bond donors (Lipinski definition) is 1. The van der Waals surface area contributed by atoms with Gasteiger partial charge in [0.2, 0.25) is 5.76 Å². The van der Waals surface area contributed by atoms with Gasteiger partial charge in [-0.3, -0.25) is 14.5 Å². The van der Waals surface area contributed by atoms with Crippen LogP contribution in [0.3, 0.4) is 0 Å². The van der Waals surface area contributed by atoms with Gasteiger partial charge >= 0.3 is 0 Å². The number of aryl methyl sites for hydroxylation is 1. The smallest absolute Gasteiger partial charge is 0.295 e. The van der Waals surface area contributed by atoms with Gasteiger partial charge in [-0.1, -0.05) is 17.7 Å². The van der Waals surface area contributed by atoms with E-state index in [4.69, 9.17) is 13.9 Å². The minimum Gasteiger partial charge on any atom is -0.504 e. The average molecular weight is 472 g/mol. The first kappa shape index (κ1) is 22.5. The van der Waals surface area contributed by atoms with Crippen LogP contribution in [0.1, 0.15) is 47.1 Å². The van der Waals surface area contributed by atoms with Crippen molar-refractivity contribution in [3.63, 3.8) is 0 Å². The normalized spacial score (nSPS) is 14.9. The topological polar surface area (TPSA) is 89.2 Å². The summed E-state index contributed by atoms with van der Waals surface area (Å²) in [5.74, 6) is 0.527. The first-order valence-corrected chi connectivity index (χ1v) is 11.5. The lowest BCUT2D eigenvalue weighted by molar-refractivity contribution is 0.0971. The van der Waals surface area contributed by atoms with E-state index in [1.807, 2.05) is 26.8 Å². The predicted molar refractivity (Wildman–Crippen MR) is 133 cm³/mol. The summed E-state index contributed by atoms with van der Waals surface area (Å²) in [6.45, 7) is 6.49. The number of nitrogens with zero attached hydrogens (tertiary/aromatic N) is 1. The molecule has 4 aromatic rings. The molecule has 0 radical (unpaired) electrons. The molecule has 7 heteroatoms. The van der Waals surface area contributed by atoms with E-state index in [2.05, 4.69) is 0 Å². The highest BCUT2D eigenvalue weighted by molar-refractivity contribution is 6.10. The Labute approximate surface area is 202 Å². The Morgan fingerprint density at radius 3 is 2.40 bits per heavy atom. The molecule has 1 aliphatic heterocycles. The quantitative estimate of drug-likeness (QED) is 0.408. The number of carbonyl (C=O) groups is 1. The first-order valence-electron chi connectivity index (χ1n) is 11.5. The summed E-state index contributed by atoms with van der Waals surface area (Å²) >= 11 is 0. The number of benzene rings is 3. The zero-order valence-corrected chi connectivity index (χ0v) is 19.7. The lowest BCUT2D eigenvalue weighted by Crippen LogP contribution is -2.29. The highest BCUT2D eigenvalue weighted by Crippen LogP contribution is 2.43. The van der Waals surface area contributed by atoms with Crippen LogP contribution < -0.4 is 19.8 Å². The zero-order valence-electron chi connectivity index (χ0n) is 19.7. The van der Waals surface area contributed by atoms with Crippen molar-refractivity contribution < 1.29 is 23.8 Å². The van der Waals surface area contributed by atoms with E-state index in [0.717, 1.165) is 5.56 Å². The third kappa shape index (κ3) is 3.79. The summed E-state index contributed by atoms with van der Waals surface area (Å²) in [7, 11) is 0. The molecule has 3 aromatic carbocycles. The summed E-state index contributed by atoms with van der Waals surface area (Å²) in [5.41, 5.74) is 2.47. The molecule has 5 rings (SSSR count). The maximum absolute atomic E-state index is 13.8. The van der Waals surface area contributed by atoms with Crippen LogP contribution in [-0.2, 0) is 0 Å². The van der Waals surface area contributed by atoms with Crippen molar-refractivity contribution in [2.75, 3.05) is 18.1 Å². The molecule has 7 nitrogen and oxygen atoms in total. The molecule has 2 heterocycles. The number of aromatic hydroxyl groups is 1. The van der Waals surface area contributed by atoms with Crippen LogP contribution in [0.15, 0.2) is 69.9 Å². The van der Waals surface area contributed by atoms with Gasteiger partial charge in [0.05, 0.1) is 30.2 Å². The lowest BCUT2D eigenvalue weighted by atomic mass is 9.97. The van der Waals surface area contributed by atoms with Crippen molar-refractivity contribution in [2.45, 2.75) is 26.8 Å². The van der Waals surface area contributed by atoms with Crippen molar-refractivity contribution in [1.82, 2.24) is 0 Å². The second-order valence-corrected chi connectivity index (χ2v) is 8.34. The van der Waals surface area contributed by atoms with Gasteiger partial charge in [-0.15, -0.1) is 0 Å². The fourth-order valence-corrected chi connectivity index (χ4v) is 4.51. The number of fused-ring (bicyclic) bond motifs is 2. The largest absolute Gasteiger partial charge is 0.504 e. The molecule has 0 saturated carbocycles. The van der Waals surface area contributed by atoms with E-state index in [1.54, 1.807) is 53.4 Å². The Hall–Kier alpha value is -4.26. The Balaban J connectivity index is 1.75. The molecule has 1 atom stereocenters. The SMILES string of the molecule is CCOc1ccc(N2C(=O)c3oc4ccc(C)cc4c(=O)c3C2c2ccc(O)c(OCC)c2)cc1. The molecular weight excluding hydrogens is 446 g/mol. The van der Waals surface area contributed by atoms with Crippen LogP contribution in [0.25, 0.3) is 11.0 Å². The van der Waals surface area contributed by atoms with E-state index in [9.17, 15) is 14.7 Å². The molecular formula is C28H25NO6. The first-order chi connectivity index (χ1) is 16.9. The lowest BCUT2D eigenvalue weighted by Gasteiger charge is -2.26. The summed E-state index contributed by atoms with van der Waals surface area (Å²) in [4.78, 5) is 29.0. The van der Waals surface area contributed by atoms with Crippen LogP contribution in [0.2, 0.25) is 0 Å². The van der Waals surface area contributed by atoms with Crippen molar-refractivity contribution in [3.8, 4) is 17.2 Å². The van der Waals surface area contributed by atoms with E-state index in [1.165, 1.54) is 6.07 Å². The molecule has 35 heavy (non-hydrogen) atoms. The van der Waals surface area contributed by atoms with Gasteiger partial charge < -0.3 is 19.0 Å². The van der Waals surface area contributed by atoms with Gasteiger partial charge in [0.25, 0.3) is 5.91 Å². The molecule has 1 aliphatic rings. The highest BCUT2D eigenvalue weighted by atomic mass is 16.5. The number of phenolic OH excluding ortho intramolecular Hbond substituents is 1. The molecule has 1 N–H and O–H groups in total. The number of carbonyl (C=O) groups excluding carboxylic acids is 1. The van der Waals surface area contributed by atoms with Crippen molar-refractivity contribution >= 4 is 22.6 Å². The minimum absolute atomic E-state index is 0.0104. The van der Waals surface area contributed by atoms with E-state index in [0.29, 0.717) is 41.2 Å².